The molecule has 0 saturated carbocycles. The molecular formula is C21H28N4O10. The van der Waals surface area contributed by atoms with Crippen molar-refractivity contribution in [3.8, 4) is 5.75 Å². The number of carbonyl (C=O) groups is 6. The third-order valence-electron chi connectivity index (χ3n) is 4.72. The van der Waals surface area contributed by atoms with Gasteiger partial charge in [-0.25, -0.2) is 4.79 Å². The molecule has 3 amide bonds. The number of nitrogens with two attached hydrogens (primary N) is 1. The summed E-state index contributed by atoms with van der Waals surface area (Å²) in [6.45, 7) is -0.664. The normalized spacial score (nSPS) is 13.1. The van der Waals surface area contributed by atoms with Crippen LogP contribution in [-0.2, 0) is 35.2 Å². The average molecular weight is 496 g/mol. The lowest BCUT2D eigenvalue weighted by Gasteiger charge is -2.21. The largest absolute Gasteiger partial charge is 0.508 e. The van der Waals surface area contributed by atoms with Crippen LogP contribution in [0.25, 0.3) is 0 Å². The first-order chi connectivity index (χ1) is 16.4. The van der Waals surface area contributed by atoms with Crippen molar-refractivity contribution in [1.82, 2.24) is 16.0 Å². The Morgan fingerprint density at radius 2 is 1.37 bits per heavy atom. The van der Waals surface area contributed by atoms with Crippen molar-refractivity contribution in [2.75, 3.05) is 6.54 Å². The highest BCUT2D eigenvalue weighted by Crippen LogP contribution is 2.12. The third-order valence-corrected chi connectivity index (χ3v) is 4.72. The molecule has 3 unspecified atom stereocenters. The smallest absolute Gasteiger partial charge is 0.326 e. The number of phenols is 1. The number of hydrogen-bond acceptors (Lipinski definition) is 8. The summed E-state index contributed by atoms with van der Waals surface area (Å²) in [5, 5.41) is 42.7. The van der Waals surface area contributed by atoms with Gasteiger partial charge in [0.25, 0.3) is 0 Å². The van der Waals surface area contributed by atoms with E-state index in [0.717, 1.165) is 0 Å². The van der Waals surface area contributed by atoms with Gasteiger partial charge in [-0.3, -0.25) is 24.0 Å². The fourth-order valence-electron chi connectivity index (χ4n) is 2.83. The van der Waals surface area contributed by atoms with Crippen LogP contribution in [0.5, 0.6) is 5.75 Å². The standard InChI is InChI=1S/C21H28N4O10/c22-13(5-7-17(28)29)19(32)25-15(9-11-1-3-12(26)4-2-11)20(33)23-10-16(27)24-14(21(34)35)6-8-18(30)31/h1-4,13-15,26H,5-10,22H2,(H,23,33)(H,24,27)(H,25,32)(H,28,29)(H,30,31)(H,34,35). The molecule has 0 aliphatic rings. The predicted molar refractivity (Wildman–Crippen MR) is 118 cm³/mol. The van der Waals surface area contributed by atoms with Crippen LogP contribution in [-0.4, -0.2) is 80.7 Å². The Morgan fingerprint density at radius 1 is 0.800 bits per heavy atom. The molecule has 1 rings (SSSR count). The number of aliphatic carboxylic acids is 3. The molecule has 9 N–H and O–H groups in total. The minimum absolute atomic E-state index is 0.0259. The number of benzene rings is 1. The zero-order valence-electron chi connectivity index (χ0n) is 18.6. The van der Waals surface area contributed by atoms with E-state index in [2.05, 4.69) is 16.0 Å². The van der Waals surface area contributed by atoms with Gasteiger partial charge in [-0.05, 0) is 30.5 Å². The molecule has 0 radical (unpaired) electrons. The van der Waals surface area contributed by atoms with Gasteiger partial charge < -0.3 is 42.1 Å². The second-order valence-corrected chi connectivity index (χ2v) is 7.58. The molecule has 0 fully saturated rings. The van der Waals surface area contributed by atoms with Gasteiger partial charge in [-0.2, -0.15) is 0 Å². The van der Waals surface area contributed by atoms with Gasteiger partial charge in [-0.1, -0.05) is 12.1 Å². The van der Waals surface area contributed by atoms with E-state index in [1.54, 1.807) is 0 Å². The maximum atomic E-state index is 12.7. The number of hydrogen-bond donors (Lipinski definition) is 8. The first-order valence-electron chi connectivity index (χ1n) is 10.5. The summed E-state index contributed by atoms with van der Waals surface area (Å²) >= 11 is 0. The second-order valence-electron chi connectivity index (χ2n) is 7.58. The van der Waals surface area contributed by atoms with Crippen LogP contribution < -0.4 is 21.7 Å². The number of rotatable bonds is 15. The Kier molecular flexibility index (Phi) is 11.7. The monoisotopic (exact) mass is 496 g/mol. The van der Waals surface area contributed by atoms with Crippen molar-refractivity contribution in [1.29, 1.82) is 0 Å². The molecule has 1 aromatic rings. The van der Waals surface area contributed by atoms with Crippen molar-refractivity contribution in [3.63, 3.8) is 0 Å². The molecule has 0 spiro atoms. The van der Waals surface area contributed by atoms with Gasteiger partial charge in [0.1, 0.15) is 17.8 Å². The molecule has 0 aliphatic carbocycles. The first-order valence-corrected chi connectivity index (χ1v) is 10.5. The van der Waals surface area contributed by atoms with Gasteiger partial charge >= 0.3 is 17.9 Å². The maximum Gasteiger partial charge on any atom is 0.326 e. The summed E-state index contributed by atoms with van der Waals surface area (Å²) in [5.74, 6) is -6.38. The molecule has 0 saturated heterocycles. The molecule has 0 aromatic heterocycles. The highest BCUT2D eigenvalue weighted by atomic mass is 16.4. The quantitative estimate of drug-likeness (QED) is 0.134. The van der Waals surface area contributed by atoms with Crippen molar-refractivity contribution >= 4 is 35.6 Å². The van der Waals surface area contributed by atoms with Gasteiger partial charge in [0.2, 0.25) is 17.7 Å². The Morgan fingerprint density at radius 3 is 1.91 bits per heavy atom. The van der Waals surface area contributed by atoms with Crippen LogP contribution in [0.3, 0.4) is 0 Å². The Bertz CT molecular complexity index is 935. The summed E-state index contributed by atoms with van der Waals surface area (Å²) in [5.41, 5.74) is 6.21. The van der Waals surface area contributed by atoms with Crippen LogP contribution in [0.4, 0.5) is 0 Å². The molecule has 14 heteroatoms. The summed E-state index contributed by atoms with van der Waals surface area (Å²) in [6, 6.07) is 1.79. The van der Waals surface area contributed by atoms with Crippen molar-refractivity contribution in [2.45, 2.75) is 50.2 Å². The molecule has 192 valence electrons. The van der Waals surface area contributed by atoms with Crippen LogP contribution in [0.1, 0.15) is 31.2 Å². The lowest BCUT2D eigenvalue weighted by Crippen LogP contribution is -2.54. The second kappa shape index (κ2) is 14.1. The van der Waals surface area contributed by atoms with E-state index in [0.29, 0.717) is 5.56 Å². The van der Waals surface area contributed by atoms with E-state index in [1.165, 1.54) is 24.3 Å². The molecule has 14 nitrogen and oxygen atoms in total. The number of carbonyl (C=O) groups excluding carboxylic acids is 3. The third kappa shape index (κ3) is 11.5. The molecule has 1 aromatic carbocycles. The Balaban J connectivity index is 2.82. The lowest BCUT2D eigenvalue weighted by atomic mass is 10.0. The van der Waals surface area contributed by atoms with Crippen molar-refractivity contribution in [2.24, 2.45) is 5.73 Å². The Labute approximate surface area is 199 Å². The van der Waals surface area contributed by atoms with Gasteiger partial charge in [0.05, 0.1) is 12.6 Å². The van der Waals surface area contributed by atoms with Gasteiger partial charge in [0.15, 0.2) is 0 Å². The SMILES string of the molecule is NC(CCC(=O)O)C(=O)NC(Cc1ccc(O)cc1)C(=O)NCC(=O)NC(CCC(=O)O)C(=O)O. The summed E-state index contributed by atoms with van der Waals surface area (Å²) in [6.07, 6.45) is -1.47. The van der Waals surface area contributed by atoms with Crippen LogP contribution >= 0.6 is 0 Å². The van der Waals surface area contributed by atoms with Gasteiger partial charge in [-0.15, -0.1) is 0 Å². The number of phenolic OH excluding ortho intramolecular Hbond substituents is 1. The van der Waals surface area contributed by atoms with Gasteiger partial charge in [0, 0.05) is 19.3 Å². The van der Waals surface area contributed by atoms with E-state index < -0.39 is 66.7 Å². The van der Waals surface area contributed by atoms with E-state index in [9.17, 15) is 33.9 Å². The first kappa shape index (κ1) is 28.8. The minimum atomic E-state index is -1.48. The number of carboxylic acids is 3. The van der Waals surface area contributed by atoms with E-state index >= 15 is 0 Å². The van der Waals surface area contributed by atoms with Crippen LogP contribution in [0, 0.1) is 0 Å². The average Bonchev–Trinajstić information content (AvgIpc) is 2.78. The zero-order chi connectivity index (χ0) is 26.5. The Hall–Kier alpha value is -4.20. The zero-order valence-corrected chi connectivity index (χ0v) is 18.6. The lowest BCUT2D eigenvalue weighted by molar-refractivity contribution is -0.143. The van der Waals surface area contributed by atoms with E-state index in [1.807, 2.05) is 0 Å². The topological polar surface area (TPSA) is 245 Å². The van der Waals surface area contributed by atoms with Crippen LogP contribution in [0.2, 0.25) is 0 Å². The van der Waals surface area contributed by atoms with E-state index in [4.69, 9.17) is 21.1 Å². The molecular weight excluding hydrogens is 468 g/mol. The number of carboxylic acid groups (broad SMARTS) is 3. The molecule has 35 heavy (non-hydrogen) atoms. The number of aromatic hydroxyl groups is 1. The van der Waals surface area contributed by atoms with Crippen molar-refractivity contribution in [3.05, 3.63) is 29.8 Å². The molecule has 0 heterocycles. The fourth-order valence-corrected chi connectivity index (χ4v) is 2.83. The molecule has 0 bridgehead atoms. The highest BCUT2D eigenvalue weighted by molar-refractivity contribution is 5.93. The number of nitrogens with one attached hydrogen (secondary N) is 3. The fraction of sp³-hybridized carbons (Fsp3) is 0.429. The van der Waals surface area contributed by atoms with E-state index in [-0.39, 0.29) is 31.4 Å². The maximum absolute atomic E-state index is 12.7. The highest BCUT2D eigenvalue weighted by Gasteiger charge is 2.26. The molecule has 3 atom stereocenters. The number of amides is 3. The summed E-state index contributed by atoms with van der Waals surface area (Å²) in [7, 11) is 0. The van der Waals surface area contributed by atoms with Crippen LogP contribution in [0.15, 0.2) is 24.3 Å². The summed E-state index contributed by atoms with van der Waals surface area (Å²) < 4.78 is 0. The minimum Gasteiger partial charge on any atom is -0.508 e. The van der Waals surface area contributed by atoms with Crippen molar-refractivity contribution < 1.29 is 49.2 Å². The summed E-state index contributed by atoms with van der Waals surface area (Å²) in [4.78, 5) is 69.6. The predicted octanol–water partition coefficient (Wildman–Crippen LogP) is -1.84. The molecule has 0 aliphatic heterocycles.